The fourth-order valence-corrected chi connectivity index (χ4v) is 4.38. The van der Waals surface area contributed by atoms with E-state index in [1.165, 1.54) is 29.8 Å². The van der Waals surface area contributed by atoms with Crippen molar-refractivity contribution in [2.75, 3.05) is 23.6 Å². The van der Waals surface area contributed by atoms with E-state index in [4.69, 9.17) is 22.1 Å². The van der Waals surface area contributed by atoms with Gasteiger partial charge in [0.2, 0.25) is 0 Å². The number of rotatable bonds is 3. The maximum absolute atomic E-state index is 12.8. The molecule has 3 aromatic carbocycles. The molecule has 1 aliphatic heterocycles. The first kappa shape index (κ1) is 24.9. The Hall–Kier alpha value is -2.69. The summed E-state index contributed by atoms with van der Waals surface area (Å²) in [6, 6.07) is 17.0. The minimum atomic E-state index is -4.94. The highest BCUT2D eigenvalue weighted by Gasteiger charge is 2.34. The second-order valence-corrected chi connectivity index (χ2v) is 8.45. The predicted octanol–water partition coefficient (Wildman–Crippen LogP) is 6.51. The maximum atomic E-state index is 12.8. The van der Waals surface area contributed by atoms with E-state index in [-0.39, 0.29) is 16.3 Å². The first-order chi connectivity index (χ1) is 15.6. The van der Waals surface area contributed by atoms with Gasteiger partial charge in [0.05, 0.1) is 23.7 Å². The average Bonchev–Trinajstić information content (AvgIpc) is 3.18. The Morgan fingerprint density at radius 2 is 1.82 bits per heavy atom. The molecule has 33 heavy (non-hydrogen) atoms. The lowest BCUT2D eigenvalue weighted by atomic mass is 10.1. The van der Waals surface area contributed by atoms with Gasteiger partial charge in [-0.3, -0.25) is 9.69 Å². The summed E-state index contributed by atoms with van der Waals surface area (Å²) < 4.78 is 46.6. The van der Waals surface area contributed by atoms with Crippen LogP contribution in [0.5, 0.6) is 11.5 Å². The number of nitrogen functional groups attached to an aromatic ring is 1. The Labute approximate surface area is 203 Å². The molecule has 3 aromatic rings. The molecule has 174 valence electrons. The Bertz CT molecular complexity index is 1140. The number of para-hydroxylation sites is 2. The van der Waals surface area contributed by atoms with Gasteiger partial charge < -0.3 is 15.2 Å². The van der Waals surface area contributed by atoms with Crippen molar-refractivity contribution in [1.82, 2.24) is 0 Å². The molecule has 5 nitrogen and oxygen atoms in total. The van der Waals surface area contributed by atoms with Crippen LogP contribution in [0.3, 0.4) is 0 Å². The van der Waals surface area contributed by atoms with Gasteiger partial charge in [-0.05, 0) is 36.4 Å². The molecule has 0 atom stereocenters. The van der Waals surface area contributed by atoms with E-state index < -0.39 is 18.0 Å². The van der Waals surface area contributed by atoms with Gasteiger partial charge in [0.1, 0.15) is 0 Å². The van der Waals surface area contributed by atoms with Gasteiger partial charge in [-0.25, -0.2) is 0 Å². The van der Waals surface area contributed by atoms with Crippen LogP contribution in [0, 0.1) is 0 Å². The number of anilines is 2. The number of ether oxygens (including phenoxy) is 2. The number of methoxy groups -OCH3 is 1. The van der Waals surface area contributed by atoms with E-state index in [2.05, 4.69) is 17.4 Å². The van der Waals surface area contributed by atoms with E-state index in [1.807, 2.05) is 36.4 Å². The van der Waals surface area contributed by atoms with Gasteiger partial charge >= 0.3 is 6.36 Å². The van der Waals surface area contributed by atoms with E-state index in [0.29, 0.717) is 11.6 Å². The summed E-state index contributed by atoms with van der Waals surface area (Å²) in [5, 5.41) is -0.146. The smallest absolute Gasteiger partial charge is 0.491 e. The fourth-order valence-electron chi connectivity index (χ4n) is 2.91. The predicted molar refractivity (Wildman–Crippen MR) is 127 cm³/mol. The van der Waals surface area contributed by atoms with Crippen molar-refractivity contribution in [1.29, 1.82) is 0 Å². The molecule has 0 unspecified atom stereocenters. The zero-order chi connectivity index (χ0) is 24.2. The number of hydrogen-bond donors (Lipinski definition) is 2. The van der Waals surface area contributed by atoms with Gasteiger partial charge in [0.15, 0.2) is 11.5 Å². The molecule has 1 heterocycles. The fraction of sp³-hybridized carbons (Fsp3) is 0.136. The third kappa shape index (κ3) is 6.21. The van der Waals surface area contributed by atoms with Crippen LogP contribution in [-0.2, 0) is 0 Å². The van der Waals surface area contributed by atoms with E-state index in [1.54, 1.807) is 12.1 Å². The van der Waals surface area contributed by atoms with Crippen molar-refractivity contribution < 1.29 is 27.4 Å². The average molecular weight is 515 g/mol. The lowest BCUT2D eigenvalue weighted by molar-refractivity contribution is -0.275. The molecule has 0 saturated carbocycles. The zero-order valence-corrected chi connectivity index (χ0v) is 19.6. The summed E-state index contributed by atoms with van der Waals surface area (Å²) >= 11 is 11.5. The minimum absolute atomic E-state index is 0.0256. The van der Waals surface area contributed by atoms with Gasteiger partial charge in [-0.2, -0.15) is 0 Å². The van der Waals surface area contributed by atoms with Gasteiger partial charge in [-0.15, -0.1) is 37.6 Å². The summed E-state index contributed by atoms with van der Waals surface area (Å²) in [6.07, 6.45) is -4.94. The lowest BCUT2D eigenvalue weighted by Gasteiger charge is -2.19. The first-order valence-corrected chi connectivity index (χ1v) is 11.1. The first-order valence-electron chi connectivity index (χ1n) is 9.31. The quantitative estimate of drug-likeness (QED) is 0.308. The summed E-state index contributed by atoms with van der Waals surface area (Å²) in [7, 11) is 1.17. The topological polar surface area (TPSA) is 64.8 Å². The number of hydrogen-bond acceptors (Lipinski definition) is 6. The number of nitrogens with zero attached hydrogens (tertiary/aromatic N) is 1. The SMILES string of the molecule is COc1c(Cl)cc(C(=O)N2CSc3ccccc32)cc1OC(F)(F)F.Nc1ccccc1S. The third-order valence-electron chi connectivity index (χ3n) is 4.37. The molecular weight excluding hydrogens is 497 g/mol. The second kappa shape index (κ2) is 10.5. The van der Waals surface area contributed by atoms with Crippen LogP contribution in [0.25, 0.3) is 0 Å². The number of nitrogens with two attached hydrogens (primary N) is 1. The van der Waals surface area contributed by atoms with Crippen LogP contribution in [-0.4, -0.2) is 25.3 Å². The number of carbonyl (C=O) groups is 1. The molecule has 0 spiro atoms. The summed E-state index contributed by atoms with van der Waals surface area (Å²) in [5.41, 5.74) is 6.85. The number of benzene rings is 3. The molecule has 2 N–H and O–H groups in total. The molecule has 4 rings (SSSR count). The van der Waals surface area contributed by atoms with Crippen molar-refractivity contribution in [2.45, 2.75) is 16.2 Å². The van der Waals surface area contributed by atoms with Crippen LogP contribution < -0.4 is 20.1 Å². The Morgan fingerprint density at radius 3 is 2.42 bits per heavy atom. The van der Waals surface area contributed by atoms with E-state index in [9.17, 15) is 18.0 Å². The number of carbonyl (C=O) groups excluding carboxylic acids is 1. The Balaban J connectivity index is 0.000000323. The highest BCUT2D eigenvalue weighted by atomic mass is 35.5. The minimum Gasteiger partial charge on any atom is -0.491 e. The molecule has 1 amide bonds. The van der Waals surface area contributed by atoms with Crippen molar-refractivity contribution in [2.24, 2.45) is 0 Å². The Morgan fingerprint density at radius 1 is 1.15 bits per heavy atom. The number of alkyl halides is 3. The number of fused-ring (bicyclic) bond motifs is 1. The van der Waals surface area contributed by atoms with Crippen LogP contribution in [0.4, 0.5) is 24.5 Å². The molecule has 0 aromatic heterocycles. The zero-order valence-electron chi connectivity index (χ0n) is 17.1. The van der Waals surface area contributed by atoms with Crippen LogP contribution in [0.2, 0.25) is 5.02 Å². The van der Waals surface area contributed by atoms with Crippen LogP contribution >= 0.6 is 36.0 Å². The highest BCUT2D eigenvalue weighted by molar-refractivity contribution is 8.00. The molecule has 1 aliphatic rings. The second-order valence-electron chi connectivity index (χ2n) is 6.57. The van der Waals surface area contributed by atoms with E-state index in [0.717, 1.165) is 21.5 Å². The van der Waals surface area contributed by atoms with Crippen molar-refractivity contribution in [3.63, 3.8) is 0 Å². The van der Waals surface area contributed by atoms with Crippen molar-refractivity contribution in [3.8, 4) is 11.5 Å². The molecule has 11 heteroatoms. The molecule has 0 saturated heterocycles. The van der Waals surface area contributed by atoms with Crippen molar-refractivity contribution in [3.05, 3.63) is 71.2 Å². The molecule has 0 bridgehead atoms. The molecule has 0 fully saturated rings. The number of thiol groups is 1. The van der Waals surface area contributed by atoms with Gasteiger partial charge in [-0.1, -0.05) is 35.9 Å². The standard InChI is InChI=1S/C16H11ClF3NO3S.C6H7NS/c1-23-14-10(17)6-9(7-12(14)24-16(18,19)20)15(22)21-8-25-13-5-3-2-4-11(13)21;7-5-3-1-2-4-6(5)8/h2-7H,8H2,1H3;1-4,8H,7H2. The third-order valence-corrected chi connectivity index (χ3v) is 6.10. The summed E-state index contributed by atoms with van der Waals surface area (Å²) in [6.45, 7) is 0. The number of thioether (sulfide) groups is 1. The highest BCUT2D eigenvalue weighted by Crippen LogP contribution is 2.42. The maximum Gasteiger partial charge on any atom is 0.573 e. The summed E-state index contributed by atoms with van der Waals surface area (Å²) in [4.78, 5) is 16.0. The Kier molecular flexibility index (Phi) is 7.93. The lowest BCUT2D eigenvalue weighted by Crippen LogP contribution is -2.28. The largest absolute Gasteiger partial charge is 0.573 e. The monoisotopic (exact) mass is 514 g/mol. The van der Waals surface area contributed by atoms with Gasteiger partial charge in [0, 0.05) is 21.0 Å². The van der Waals surface area contributed by atoms with Crippen LogP contribution in [0.15, 0.2) is 70.5 Å². The van der Waals surface area contributed by atoms with Crippen molar-refractivity contribution >= 4 is 53.3 Å². The summed E-state index contributed by atoms with van der Waals surface area (Å²) in [5.74, 6) is -1.07. The molecule has 0 aliphatic carbocycles. The number of halogens is 4. The number of amides is 1. The normalized spacial score (nSPS) is 12.5. The molecular formula is C22H18ClF3N2O3S2. The van der Waals surface area contributed by atoms with E-state index >= 15 is 0 Å². The van der Waals surface area contributed by atoms with Crippen LogP contribution in [0.1, 0.15) is 10.4 Å². The van der Waals surface area contributed by atoms with Gasteiger partial charge in [0.25, 0.3) is 5.91 Å². The molecule has 0 radical (unpaired) electrons.